The van der Waals surface area contributed by atoms with E-state index in [-0.39, 0.29) is 11.7 Å². The van der Waals surface area contributed by atoms with Crippen LogP contribution < -0.4 is 0 Å². The van der Waals surface area contributed by atoms with Crippen molar-refractivity contribution in [1.29, 1.82) is 0 Å². The first-order chi connectivity index (χ1) is 12.4. The lowest BCUT2D eigenvalue weighted by molar-refractivity contribution is 0.0760. The molecule has 2 rings (SSSR count). The standard InChI is InChI=1S/C23H29NO2/c1-6-19-8-9-20(14-17(19)4)16(3)12-13-24(7-2)23(26)21-10-11-22(25)18(5)15-21/h6,8-11,14-16,25H,1,7,12-13H2,2-5H3. The Morgan fingerprint density at radius 2 is 1.92 bits per heavy atom. The third-order valence-corrected chi connectivity index (χ3v) is 5.03. The maximum absolute atomic E-state index is 12.8. The van der Waals surface area contributed by atoms with E-state index in [0.717, 1.165) is 17.5 Å². The summed E-state index contributed by atoms with van der Waals surface area (Å²) in [6.07, 6.45) is 2.78. The van der Waals surface area contributed by atoms with Crippen LogP contribution in [0.25, 0.3) is 6.08 Å². The summed E-state index contributed by atoms with van der Waals surface area (Å²) in [6.45, 7) is 13.3. The Kier molecular flexibility index (Phi) is 6.62. The fourth-order valence-corrected chi connectivity index (χ4v) is 3.12. The molecule has 0 fully saturated rings. The monoisotopic (exact) mass is 351 g/mol. The first kappa shape index (κ1) is 19.8. The average molecular weight is 351 g/mol. The summed E-state index contributed by atoms with van der Waals surface area (Å²) < 4.78 is 0. The number of nitrogens with zero attached hydrogens (tertiary/aromatic N) is 1. The number of rotatable bonds is 7. The number of hydrogen-bond acceptors (Lipinski definition) is 2. The molecule has 1 atom stereocenters. The fourth-order valence-electron chi connectivity index (χ4n) is 3.12. The maximum atomic E-state index is 12.8. The van der Waals surface area contributed by atoms with Gasteiger partial charge in [-0.2, -0.15) is 0 Å². The molecule has 0 heterocycles. The minimum Gasteiger partial charge on any atom is -0.508 e. The van der Waals surface area contributed by atoms with E-state index in [2.05, 4.69) is 38.6 Å². The molecule has 0 saturated heterocycles. The lowest BCUT2D eigenvalue weighted by Crippen LogP contribution is -2.32. The van der Waals surface area contributed by atoms with Gasteiger partial charge in [-0.05, 0) is 73.6 Å². The van der Waals surface area contributed by atoms with Crippen LogP contribution in [-0.4, -0.2) is 29.0 Å². The highest BCUT2D eigenvalue weighted by atomic mass is 16.3. The third-order valence-electron chi connectivity index (χ3n) is 5.03. The second kappa shape index (κ2) is 8.70. The summed E-state index contributed by atoms with van der Waals surface area (Å²) >= 11 is 0. The molecule has 0 saturated carbocycles. The molecular weight excluding hydrogens is 322 g/mol. The lowest BCUT2D eigenvalue weighted by Gasteiger charge is -2.23. The SMILES string of the molecule is C=Cc1ccc(C(C)CCN(CC)C(=O)c2ccc(O)c(C)c2)cc1C. The normalized spacial score (nSPS) is 11.8. The van der Waals surface area contributed by atoms with Crippen molar-refractivity contribution in [2.45, 2.75) is 40.0 Å². The number of phenolic OH excluding ortho intramolecular Hbond substituents is 1. The Bertz CT molecular complexity index is 795. The van der Waals surface area contributed by atoms with Gasteiger partial charge in [0.15, 0.2) is 0 Å². The van der Waals surface area contributed by atoms with E-state index in [1.54, 1.807) is 25.1 Å². The minimum atomic E-state index is 0.0148. The number of aromatic hydroxyl groups is 1. The Morgan fingerprint density at radius 3 is 2.50 bits per heavy atom. The molecule has 2 aromatic carbocycles. The molecule has 0 aliphatic carbocycles. The van der Waals surface area contributed by atoms with Gasteiger partial charge in [-0.25, -0.2) is 0 Å². The van der Waals surface area contributed by atoms with E-state index in [4.69, 9.17) is 0 Å². The first-order valence-electron chi connectivity index (χ1n) is 9.19. The van der Waals surface area contributed by atoms with Crippen LogP contribution in [0.5, 0.6) is 5.75 Å². The van der Waals surface area contributed by atoms with Gasteiger partial charge >= 0.3 is 0 Å². The summed E-state index contributed by atoms with van der Waals surface area (Å²) in [4.78, 5) is 14.6. The third kappa shape index (κ3) is 4.54. The van der Waals surface area contributed by atoms with Gasteiger partial charge in [0.2, 0.25) is 0 Å². The van der Waals surface area contributed by atoms with E-state index in [1.807, 2.05) is 17.9 Å². The number of benzene rings is 2. The summed E-state index contributed by atoms with van der Waals surface area (Å²) in [6, 6.07) is 11.5. The fraction of sp³-hybridized carbons (Fsp3) is 0.348. The smallest absolute Gasteiger partial charge is 0.253 e. The molecule has 26 heavy (non-hydrogen) atoms. The number of aryl methyl sites for hydroxylation is 2. The van der Waals surface area contributed by atoms with Crippen molar-refractivity contribution < 1.29 is 9.90 Å². The Hall–Kier alpha value is -2.55. The predicted molar refractivity (Wildman–Crippen MR) is 109 cm³/mol. The molecule has 0 aromatic heterocycles. The zero-order valence-corrected chi connectivity index (χ0v) is 16.2. The number of amides is 1. The largest absolute Gasteiger partial charge is 0.508 e. The van der Waals surface area contributed by atoms with E-state index < -0.39 is 0 Å². The van der Waals surface area contributed by atoms with Gasteiger partial charge < -0.3 is 10.0 Å². The van der Waals surface area contributed by atoms with Crippen LogP contribution in [0.1, 0.15) is 58.8 Å². The number of carbonyl (C=O) groups is 1. The lowest BCUT2D eigenvalue weighted by atomic mass is 9.94. The highest BCUT2D eigenvalue weighted by Crippen LogP contribution is 2.23. The average Bonchev–Trinajstić information content (AvgIpc) is 2.63. The summed E-state index contributed by atoms with van der Waals surface area (Å²) in [5.41, 5.74) is 5.03. The molecule has 1 N–H and O–H groups in total. The molecule has 138 valence electrons. The Morgan fingerprint density at radius 1 is 1.19 bits per heavy atom. The first-order valence-corrected chi connectivity index (χ1v) is 9.19. The zero-order chi connectivity index (χ0) is 19.3. The quantitative estimate of drug-likeness (QED) is 0.734. The van der Waals surface area contributed by atoms with Gasteiger partial charge in [-0.15, -0.1) is 0 Å². The summed E-state index contributed by atoms with van der Waals surface area (Å²) in [5.74, 6) is 0.605. The van der Waals surface area contributed by atoms with E-state index in [0.29, 0.717) is 24.6 Å². The van der Waals surface area contributed by atoms with Crippen molar-refractivity contribution in [1.82, 2.24) is 4.90 Å². The molecule has 3 nitrogen and oxygen atoms in total. The molecule has 1 unspecified atom stereocenters. The molecule has 0 radical (unpaired) electrons. The van der Waals surface area contributed by atoms with Crippen molar-refractivity contribution in [2.24, 2.45) is 0 Å². The van der Waals surface area contributed by atoms with Gasteiger partial charge in [-0.1, -0.05) is 37.8 Å². The van der Waals surface area contributed by atoms with Crippen molar-refractivity contribution in [2.75, 3.05) is 13.1 Å². The highest BCUT2D eigenvalue weighted by Gasteiger charge is 2.16. The molecule has 0 aliphatic rings. The molecule has 0 aliphatic heterocycles. The van der Waals surface area contributed by atoms with Crippen LogP contribution >= 0.6 is 0 Å². The van der Waals surface area contributed by atoms with E-state index in [9.17, 15) is 9.90 Å². The zero-order valence-electron chi connectivity index (χ0n) is 16.2. The number of hydrogen-bond donors (Lipinski definition) is 1. The van der Waals surface area contributed by atoms with Crippen molar-refractivity contribution in [3.05, 3.63) is 70.8 Å². The molecule has 0 spiro atoms. The van der Waals surface area contributed by atoms with Gasteiger partial charge in [0.1, 0.15) is 5.75 Å². The Balaban J connectivity index is 2.05. The van der Waals surface area contributed by atoms with Crippen molar-refractivity contribution in [3.63, 3.8) is 0 Å². The van der Waals surface area contributed by atoms with Crippen molar-refractivity contribution >= 4 is 12.0 Å². The van der Waals surface area contributed by atoms with Crippen LogP contribution in [0.4, 0.5) is 0 Å². The molecule has 1 amide bonds. The van der Waals surface area contributed by atoms with Crippen LogP contribution in [0, 0.1) is 13.8 Å². The second-order valence-electron chi connectivity index (χ2n) is 6.90. The van der Waals surface area contributed by atoms with E-state index in [1.165, 1.54) is 11.1 Å². The van der Waals surface area contributed by atoms with Crippen LogP contribution in [0.15, 0.2) is 43.0 Å². The van der Waals surface area contributed by atoms with Crippen molar-refractivity contribution in [3.8, 4) is 5.75 Å². The molecule has 3 heteroatoms. The van der Waals surface area contributed by atoms with Crippen LogP contribution in [-0.2, 0) is 0 Å². The van der Waals surface area contributed by atoms with Crippen LogP contribution in [0.3, 0.4) is 0 Å². The van der Waals surface area contributed by atoms with Gasteiger partial charge in [-0.3, -0.25) is 4.79 Å². The summed E-state index contributed by atoms with van der Waals surface area (Å²) in [7, 11) is 0. The minimum absolute atomic E-state index is 0.0148. The summed E-state index contributed by atoms with van der Waals surface area (Å²) in [5, 5.41) is 9.65. The topological polar surface area (TPSA) is 40.5 Å². The Labute approximate surface area is 157 Å². The van der Waals surface area contributed by atoms with Crippen LogP contribution in [0.2, 0.25) is 0 Å². The molecule has 0 bridgehead atoms. The molecular formula is C23H29NO2. The van der Waals surface area contributed by atoms with Gasteiger partial charge in [0.05, 0.1) is 0 Å². The predicted octanol–water partition coefficient (Wildman–Crippen LogP) is 5.31. The number of phenols is 1. The van der Waals surface area contributed by atoms with E-state index >= 15 is 0 Å². The molecule has 2 aromatic rings. The van der Waals surface area contributed by atoms with Gasteiger partial charge in [0, 0.05) is 18.7 Å². The maximum Gasteiger partial charge on any atom is 0.253 e. The van der Waals surface area contributed by atoms with Gasteiger partial charge in [0.25, 0.3) is 5.91 Å². The second-order valence-corrected chi connectivity index (χ2v) is 6.90. The highest BCUT2D eigenvalue weighted by molar-refractivity contribution is 5.94. The number of carbonyl (C=O) groups excluding carboxylic acids is 1.